The molecule has 3 N–H and O–H groups in total. The molecule has 0 unspecified atom stereocenters. The third kappa shape index (κ3) is 8.09. The first-order chi connectivity index (χ1) is 15.7. The number of guanidine groups is 1. The fraction of sp³-hybridized carbons (Fsp3) is 0.500. The Balaban J connectivity index is 2.26. The van der Waals surface area contributed by atoms with Crippen molar-refractivity contribution in [1.29, 1.82) is 0 Å². The molecule has 0 fully saturated rings. The van der Waals surface area contributed by atoms with E-state index in [1.54, 1.807) is 64.6 Å². The average Bonchev–Trinajstić information content (AvgIpc) is 2.70. The molecule has 0 radical (unpaired) electrons. The van der Waals surface area contributed by atoms with Crippen molar-refractivity contribution in [2.75, 3.05) is 20.2 Å². The van der Waals surface area contributed by atoms with Gasteiger partial charge in [-0.2, -0.15) is 0 Å². The maximum atomic E-state index is 12.4. The molecule has 1 aromatic rings. The van der Waals surface area contributed by atoms with Crippen LogP contribution in [0.3, 0.4) is 0 Å². The van der Waals surface area contributed by atoms with Crippen LogP contribution in [-0.2, 0) is 9.47 Å². The summed E-state index contributed by atoms with van der Waals surface area (Å²) >= 11 is 0. The molecule has 0 aliphatic carbocycles. The molecule has 0 spiro atoms. The van der Waals surface area contributed by atoms with Crippen molar-refractivity contribution in [2.45, 2.75) is 59.2 Å². The highest BCUT2D eigenvalue weighted by atomic mass is 16.6. The zero-order chi connectivity index (χ0) is 25.7. The van der Waals surface area contributed by atoms with Gasteiger partial charge in [0.1, 0.15) is 17.0 Å². The van der Waals surface area contributed by atoms with E-state index in [4.69, 9.17) is 19.9 Å². The van der Waals surface area contributed by atoms with E-state index in [-0.39, 0.29) is 5.96 Å². The molecular weight excluding hydrogens is 440 g/mol. The minimum atomic E-state index is -0.819. The Morgan fingerprint density at radius 3 is 2.21 bits per heavy atom. The monoisotopic (exact) mass is 474 g/mol. The second kappa shape index (κ2) is 10.6. The fourth-order valence-electron chi connectivity index (χ4n) is 3.16. The van der Waals surface area contributed by atoms with Crippen molar-refractivity contribution in [2.24, 2.45) is 10.7 Å². The van der Waals surface area contributed by atoms with Crippen LogP contribution < -0.4 is 15.8 Å². The Hall–Kier alpha value is -3.56. The average molecular weight is 475 g/mol. The minimum absolute atomic E-state index is 0.0421. The highest BCUT2D eigenvalue weighted by Crippen LogP contribution is 2.28. The van der Waals surface area contributed by atoms with Crippen LogP contribution in [0, 0.1) is 0 Å². The van der Waals surface area contributed by atoms with Crippen molar-refractivity contribution < 1.29 is 28.6 Å². The summed E-state index contributed by atoms with van der Waals surface area (Å²) in [6, 6.07) is 5.19. The van der Waals surface area contributed by atoms with Crippen LogP contribution in [0.15, 0.2) is 29.3 Å². The Bertz CT molecular complexity index is 1000. The van der Waals surface area contributed by atoms with Gasteiger partial charge in [0.05, 0.1) is 12.7 Å². The lowest BCUT2D eigenvalue weighted by atomic mass is 9.97. The molecule has 1 aliphatic rings. The van der Waals surface area contributed by atoms with Gasteiger partial charge in [0.15, 0.2) is 0 Å². The molecule has 0 bridgehead atoms. The van der Waals surface area contributed by atoms with Crippen LogP contribution >= 0.6 is 0 Å². The number of rotatable bonds is 3. The summed E-state index contributed by atoms with van der Waals surface area (Å²) in [5, 5.41) is 2.57. The van der Waals surface area contributed by atoms with E-state index in [9.17, 15) is 14.4 Å². The molecule has 1 heterocycles. The molecule has 34 heavy (non-hydrogen) atoms. The molecule has 186 valence electrons. The summed E-state index contributed by atoms with van der Waals surface area (Å²) in [5.41, 5.74) is 6.14. The molecule has 1 aliphatic heterocycles. The van der Waals surface area contributed by atoms with Gasteiger partial charge < -0.3 is 24.8 Å². The van der Waals surface area contributed by atoms with Gasteiger partial charge in [-0.1, -0.05) is 12.1 Å². The van der Waals surface area contributed by atoms with E-state index in [1.165, 1.54) is 7.11 Å². The van der Waals surface area contributed by atoms with Crippen molar-refractivity contribution in [1.82, 2.24) is 10.2 Å². The van der Waals surface area contributed by atoms with Gasteiger partial charge in [0.2, 0.25) is 5.96 Å². The van der Waals surface area contributed by atoms with E-state index in [0.717, 1.165) is 11.1 Å². The van der Waals surface area contributed by atoms with Crippen LogP contribution in [0.2, 0.25) is 0 Å². The second-order valence-corrected chi connectivity index (χ2v) is 9.75. The number of alkyl carbamates (subject to hydrolysis) is 1. The van der Waals surface area contributed by atoms with Gasteiger partial charge in [-0.3, -0.25) is 10.1 Å². The lowest BCUT2D eigenvalue weighted by Crippen LogP contribution is -2.48. The molecular formula is C24H34N4O6. The predicted molar refractivity (Wildman–Crippen MR) is 129 cm³/mol. The Labute approximate surface area is 200 Å². The number of carbonyl (C=O) groups excluding carboxylic acids is 3. The number of hydrogen-bond donors (Lipinski definition) is 2. The summed E-state index contributed by atoms with van der Waals surface area (Å²) in [5.74, 6) is -0.129. The standard InChI is InChI=1S/C24H34N4O6/c1-23(2,3)33-21(30)26-20(27-22(31)34-24(4,5)6)28-12-10-15(11-13-28)16-8-9-17(19(25)29)18(14-16)32-7/h8-10,14H,11-13H2,1-7H3,(H2,25,29)(H,26,27,30,31). The topological polar surface area (TPSA) is 133 Å². The first kappa shape index (κ1) is 26.7. The van der Waals surface area contributed by atoms with Crippen molar-refractivity contribution in [3.63, 3.8) is 0 Å². The molecule has 3 amide bonds. The van der Waals surface area contributed by atoms with Gasteiger partial charge in [-0.05, 0) is 71.2 Å². The fourth-order valence-corrected chi connectivity index (χ4v) is 3.16. The maximum absolute atomic E-state index is 12.4. The van der Waals surface area contributed by atoms with Crippen LogP contribution in [0.5, 0.6) is 5.75 Å². The van der Waals surface area contributed by atoms with Crippen LogP contribution in [0.1, 0.15) is 63.9 Å². The molecule has 0 saturated heterocycles. The number of methoxy groups -OCH3 is 1. The van der Waals surface area contributed by atoms with Crippen molar-refractivity contribution >= 4 is 29.6 Å². The lowest BCUT2D eigenvalue weighted by molar-refractivity contribution is 0.0554. The lowest BCUT2D eigenvalue weighted by Gasteiger charge is -2.30. The third-order valence-electron chi connectivity index (χ3n) is 4.55. The summed E-state index contributed by atoms with van der Waals surface area (Å²) in [7, 11) is 1.48. The number of benzene rings is 1. The highest BCUT2D eigenvalue weighted by molar-refractivity contribution is 5.99. The first-order valence-corrected chi connectivity index (χ1v) is 10.9. The Kier molecular flexibility index (Phi) is 8.31. The first-order valence-electron chi connectivity index (χ1n) is 10.9. The number of nitrogens with two attached hydrogens (primary N) is 1. The van der Waals surface area contributed by atoms with Gasteiger partial charge in [0, 0.05) is 13.1 Å². The smallest absolute Gasteiger partial charge is 0.437 e. The number of nitrogens with one attached hydrogen (secondary N) is 1. The zero-order valence-corrected chi connectivity index (χ0v) is 20.9. The second-order valence-electron chi connectivity index (χ2n) is 9.75. The number of ether oxygens (including phenoxy) is 3. The quantitative estimate of drug-likeness (QED) is 0.504. The van der Waals surface area contributed by atoms with Gasteiger partial charge in [-0.15, -0.1) is 4.99 Å². The van der Waals surface area contributed by atoms with E-state index < -0.39 is 29.3 Å². The van der Waals surface area contributed by atoms with Crippen LogP contribution in [0.25, 0.3) is 5.57 Å². The number of amides is 3. The number of hydrogen-bond acceptors (Lipinski definition) is 6. The largest absolute Gasteiger partial charge is 0.496 e. The molecule has 1 aromatic carbocycles. The zero-order valence-electron chi connectivity index (χ0n) is 20.9. The molecule has 0 saturated carbocycles. The molecule has 0 aromatic heterocycles. The minimum Gasteiger partial charge on any atom is -0.496 e. The molecule has 10 heteroatoms. The maximum Gasteiger partial charge on any atom is 0.437 e. The summed E-state index contributed by atoms with van der Waals surface area (Å²) in [6.07, 6.45) is 0.989. The Morgan fingerprint density at radius 2 is 1.71 bits per heavy atom. The van der Waals surface area contributed by atoms with Crippen LogP contribution in [0.4, 0.5) is 9.59 Å². The molecule has 2 rings (SSSR count). The Morgan fingerprint density at radius 1 is 1.06 bits per heavy atom. The van der Waals surface area contributed by atoms with E-state index in [0.29, 0.717) is 30.8 Å². The molecule has 0 atom stereocenters. The highest BCUT2D eigenvalue weighted by Gasteiger charge is 2.25. The van der Waals surface area contributed by atoms with Gasteiger partial charge in [0.25, 0.3) is 5.91 Å². The van der Waals surface area contributed by atoms with E-state index >= 15 is 0 Å². The summed E-state index contributed by atoms with van der Waals surface area (Å²) in [6.45, 7) is 11.2. The third-order valence-corrected chi connectivity index (χ3v) is 4.55. The van der Waals surface area contributed by atoms with Gasteiger partial charge in [-0.25, -0.2) is 9.59 Å². The van der Waals surface area contributed by atoms with Gasteiger partial charge >= 0.3 is 12.2 Å². The SMILES string of the molecule is COc1cc(C2=CCN(/C(=N\C(=O)OC(C)(C)C)NC(=O)OC(C)(C)C)CC2)ccc1C(N)=O. The molecule has 10 nitrogen and oxygen atoms in total. The predicted octanol–water partition coefficient (Wildman–Crippen LogP) is 3.70. The number of carbonyl (C=O) groups is 3. The number of primary amides is 1. The van der Waals surface area contributed by atoms with E-state index in [1.807, 2.05) is 6.08 Å². The van der Waals surface area contributed by atoms with Crippen molar-refractivity contribution in [3.05, 3.63) is 35.4 Å². The number of nitrogens with zero attached hydrogens (tertiary/aromatic N) is 2. The number of aliphatic imine (C=N–C) groups is 1. The normalized spacial score (nSPS) is 14.7. The van der Waals surface area contributed by atoms with Crippen LogP contribution in [-0.4, -0.2) is 60.4 Å². The summed E-state index contributed by atoms with van der Waals surface area (Å²) < 4.78 is 15.9. The summed E-state index contributed by atoms with van der Waals surface area (Å²) in [4.78, 5) is 42.0. The van der Waals surface area contributed by atoms with Crippen molar-refractivity contribution in [3.8, 4) is 5.75 Å². The van der Waals surface area contributed by atoms with E-state index in [2.05, 4.69) is 10.3 Å².